The van der Waals surface area contributed by atoms with Crippen LogP contribution in [0.4, 0.5) is 4.39 Å². The monoisotopic (exact) mass is 337 g/mol. The molecule has 0 aliphatic heterocycles. The number of halogens is 1. The van der Waals surface area contributed by atoms with Gasteiger partial charge in [0.05, 0.1) is 6.61 Å². The van der Waals surface area contributed by atoms with Gasteiger partial charge in [-0.05, 0) is 54.9 Å². The average molecular weight is 337 g/mol. The summed E-state index contributed by atoms with van der Waals surface area (Å²) < 4.78 is 20.1. The van der Waals surface area contributed by atoms with E-state index in [0.717, 1.165) is 11.5 Å². The van der Waals surface area contributed by atoms with Gasteiger partial charge in [-0.2, -0.15) is 5.26 Å². The Morgan fingerprint density at radius 3 is 2.36 bits per heavy atom. The number of nitrogens with zero attached hydrogens (tertiary/aromatic N) is 1. The van der Waals surface area contributed by atoms with Crippen LogP contribution >= 0.6 is 0 Å². The van der Waals surface area contributed by atoms with Crippen LogP contribution in [0.15, 0.2) is 36.4 Å². The van der Waals surface area contributed by atoms with Crippen molar-refractivity contribution in [2.24, 2.45) is 5.92 Å². The Labute approximate surface area is 149 Å². The Hall–Kier alpha value is -2.34. The van der Waals surface area contributed by atoms with E-state index < -0.39 is 5.82 Å². The Morgan fingerprint density at radius 1 is 1.08 bits per heavy atom. The van der Waals surface area contributed by atoms with Crippen LogP contribution in [0.3, 0.4) is 0 Å². The second kappa shape index (κ2) is 7.70. The van der Waals surface area contributed by atoms with Gasteiger partial charge in [0.25, 0.3) is 0 Å². The van der Waals surface area contributed by atoms with Crippen LogP contribution in [0.1, 0.15) is 56.6 Å². The zero-order chi connectivity index (χ0) is 17.8. The fourth-order valence-electron chi connectivity index (χ4n) is 3.69. The van der Waals surface area contributed by atoms with Crippen LogP contribution in [0, 0.1) is 23.1 Å². The van der Waals surface area contributed by atoms with Crippen molar-refractivity contribution in [1.29, 1.82) is 5.26 Å². The van der Waals surface area contributed by atoms with Crippen LogP contribution in [0.5, 0.6) is 5.75 Å². The van der Waals surface area contributed by atoms with Crippen molar-refractivity contribution >= 4 is 0 Å². The highest BCUT2D eigenvalue weighted by Gasteiger charge is 2.20. The Morgan fingerprint density at radius 2 is 1.76 bits per heavy atom. The minimum atomic E-state index is -0.507. The van der Waals surface area contributed by atoms with Crippen LogP contribution in [0.25, 0.3) is 11.1 Å². The molecule has 1 aliphatic rings. The predicted molar refractivity (Wildman–Crippen MR) is 98.1 cm³/mol. The van der Waals surface area contributed by atoms with Crippen molar-refractivity contribution in [1.82, 2.24) is 0 Å². The number of hydrogen-bond donors (Lipinski definition) is 0. The maximum atomic E-state index is 14.7. The topological polar surface area (TPSA) is 33.0 Å². The Kier molecular flexibility index (Phi) is 5.38. The van der Waals surface area contributed by atoms with Crippen LogP contribution in [-0.4, -0.2) is 6.61 Å². The van der Waals surface area contributed by atoms with E-state index in [9.17, 15) is 9.65 Å². The van der Waals surface area contributed by atoms with Gasteiger partial charge in [-0.1, -0.05) is 44.0 Å². The van der Waals surface area contributed by atoms with Crippen molar-refractivity contribution < 1.29 is 9.13 Å². The molecule has 0 heterocycles. The molecule has 25 heavy (non-hydrogen) atoms. The summed E-state index contributed by atoms with van der Waals surface area (Å²) in [7, 11) is 0. The lowest BCUT2D eigenvalue weighted by Gasteiger charge is -2.26. The average Bonchev–Trinajstić information content (AvgIpc) is 2.63. The molecule has 3 rings (SSSR count). The Bertz CT molecular complexity index is 768. The molecule has 0 amide bonds. The van der Waals surface area contributed by atoms with E-state index in [-0.39, 0.29) is 5.56 Å². The lowest BCUT2D eigenvalue weighted by atomic mass is 9.79. The highest BCUT2D eigenvalue weighted by Crippen LogP contribution is 2.37. The van der Waals surface area contributed by atoms with Crippen LogP contribution in [0.2, 0.25) is 0 Å². The van der Waals surface area contributed by atoms with Gasteiger partial charge in [0.2, 0.25) is 0 Å². The minimum absolute atomic E-state index is 0.0234. The third-order valence-corrected chi connectivity index (χ3v) is 5.22. The number of hydrogen-bond acceptors (Lipinski definition) is 2. The van der Waals surface area contributed by atoms with E-state index in [2.05, 4.69) is 19.1 Å². The quantitative estimate of drug-likeness (QED) is 0.679. The van der Waals surface area contributed by atoms with Crippen molar-refractivity contribution in [2.45, 2.75) is 45.4 Å². The van der Waals surface area contributed by atoms with Gasteiger partial charge in [0, 0.05) is 5.56 Å². The van der Waals surface area contributed by atoms with E-state index in [1.165, 1.54) is 31.2 Å². The molecule has 2 nitrogen and oxygen atoms in total. The van der Waals surface area contributed by atoms with Gasteiger partial charge >= 0.3 is 0 Å². The second-order valence-electron chi connectivity index (χ2n) is 6.92. The molecule has 1 saturated carbocycles. The summed E-state index contributed by atoms with van der Waals surface area (Å²) in [6, 6.07) is 13.4. The van der Waals surface area contributed by atoms with Crippen molar-refractivity contribution in [3.05, 3.63) is 53.3 Å². The molecule has 130 valence electrons. The molecule has 0 unspecified atom stereocenters. The van der Waals surface area contributed by atoms with Gasteiger partial charge in [-0.15, -0.1) is 0 Å². The summed E-state index contributed by atoms with van der Waals surface area (Å²) in [6.07, 6.45) is 5.03. The van der Waals surface area contributed by atoms with Gasteiger partial charge in [0.1, 0.15) is 17.4 Å². The van der Waals surface area contributed by atoms with Gasteiger partial charge < -0.3 is 4.74 Å². The van der Waals surface area contributed by atoms with Crippen molar-refractivity contribution in [3.8, 4) is 22.9 Å². The summed E-state index contributed by atoms with van der Waals surface area (Å²) in [6.45, 7) is 4.54. The van der Waals surface area contributed by atoms with Crippen molar-refractivity contribution in [2.75, 3.05) is 6.61 Å². The standard InChI is InChI=1S/C22H24FNO/c1-3-25-21-13-12-19(22(23)20(21)14-24)18-10-8-17(9-11-18)16-6-4-15(2)5-7-16/h8-13,15-16H,3-7H2,1-2H3. The summed E-state index contributed by atoms with van der Waals surface area (Å²) in [5.41, 5.74) is 2.56. The molecule has 0 bridgehead atoms. The SMILES string of the molecule is CCOc1ccc(-c2ccc(C3CCC(C)CC3)cc2)c(F)c1C#N. The van der Waals surface area contributed by atoms with E-state index >= 15 is 0 Å². The summed E-state index contributed by atoms with van der Waals surface area (Å²) in [4.78, 5) is 0. The maximum Gasteiger partial charge on any atom is 0.152 e. The van der Waals surface area contributed by atoms with Gasteiger partial charge in [-0.3, -0.25) is 0 Å². The van der Waals surface area contributed by atoms with E-state index in [0.29, 0.717) is 23.8 Å². The predicted octanol–water partition coefficient (Wildman–Crippen LogP) is 6.06. The lowest BCUT2D eigenvalue weighted by molar-refractivity contribution is 0.337. The zero-order valence-electron chi connectivity index (χ0n) is 14.9. The molecule has 1 aliphatic carbocycles. The third kappa shape index (κ3) is 3.69. The minimum Gasteiger partial charge on any atom is -0.492 e. The molecule has 0 saturated heterocycles. The first-order valence-electron chi connectivity index (χ1n) is 9.09. The largest absolute Gasteiger partial charge is 0.492 e. The molecule has 0 spiro atoms. The highest BCUT2D eigenvalue weighted by atomic mass is 19.1. The molecule has 2 aromatic rings. The molecule has 0 aromatic heterocycles. The Balaban J connectivity index is 1.86. The fraction of sp³-hybridized carbons (Fsp3) is 0.409. The fourth-order valence-corrected chi connectivity index (χ4v) is 3.69. The normalized spacial score (nSPS) is 20.1. The maximum absolute atomic E-state index is 14.7. The summed E-state index contributed by atoms with van der Waals surface area (Å²) in [5, 5.41) is 9.26. The lowest BCUT2D eigenvalue weighted by Crippen LogP contribution is -2.10. The summed E-state index contributed by atoms with van der Waals surface area (Å²) >= 11 is 0. The van der Waals surface area contributed by atoms with Crippen molar-refractivity contribution in [3.63, 3.8) is 0 Å². The second-order valence-corrected chi connectivity index (χ2v) is 6.92. The molecule has 0 N–H and O–H groups in total. The number of rotatable bonds is 4. The molecule has 1 fully saturated rings. The smallest absolute Gasteiger partial charge is 0.152 e. The molecular weight excluding hydrogens is 313 g/mol. The van der Waals surface area contributed by atoms with Gasteiger partial charge in [0.15, 0.2) is 5.82 Å². The highest BCUT2D eigenvalue weighted by molar-refractivity contribution is 5.68. The number of nitriles is 1. The molecule has 0 radical (unpaired) electrons. The van der Waals surface area contributed by atoms with E-state index in [4.69, 9.17) is 4.74 Å². The van der Waals surface area contributed by atoms with E-state index in [1.807, 2.05) is 25.1 Å². The third-order valence-electron chi connectivity index (χ3n) is 5.22. The number of ether oxygens (including phenoxy) is 1. The first-order chi connectivity index (χ1) is 12.1. The first kappa shape index (κ1) is 17.5. The first-order valence-corrected chi connectivity index (χ1v) is 9.09. The molecule has 0 atom stereocenters. The number of benzene rings is 2. The van der Waals surface area contributed by atoms with Crippen LogP contribution in [-0.2, 0) is 0 Å². The summed E-state index contributed by atoms with van der Waals surface area (Å²) in [5.74, 6) is 1.25. The van der Waals surface area contributed by atoms with E-state index in [1.54, 1.807) is 12.1 Å². The van der Waals surface area contributed by atoms with Crippen LogP contribution < -0.4 is 4.74 Å². The zero-order valence-corrected chi connectivity index (χ0v) is 14.9. The molecular formula is C22H24FNO. The molecule has 3 heteroatoms. The molecule has 2 aromatic carbocycles. The van der Waals surface area contributed by atoms with Gasteiger partial charge in [-0.25, -0.2) is 4.39 Å².